The molecule has 2 heterocycles. The Morgan fingerprint density at radius 1 is 1.15 bits per heavy atom. The third-order valence-corrected chi connectivity index (χ3v) is 7.53. The summed E-state index contributed by atoms with van der Waals surface area (Å²) in [5, 5.41) is 3.37. The summed E-state index contributed by atoms with van der Waals surface area (Å²) in [6.45, 7) is 8.37. The summed E-state index contributed by atoms with van der Waals surface area (Å²) in [6, 6.07) is 5.87. The molecule has 0 aliphatic carbocycles. The number of amides is 1. The molecule has 27 heavy (non-hydrogen) atoms. The Morgan fingerprint density at radius 2 is 1.81 bits per heavy atom. The lowest BCUT2D eigenvalue weighted by molar-refractivity contribution is -0.137. The maximum atomic E-state index is 13.0. The lowest BCUT2D eigenvalue weighted by Crippen LogP contribution is -2.53. The number of nitrogens with zero attached hydrogens (tertiary/aromatic N) is 2. The van der Waals surface area contributed by atoms with Gasteiger partial charge in [0.1, 0.15) is 0 Å². The lowest BCUT2D eigenvalue weighted by atomic mass is 9.92. The number of aryl methyl sites for hydroxylation is 2. The highest BCUT2D eigenvalue weighted by atomic mass is 35.5. The molecule has 2 saturated heterocycles. The van der Waals surface area contributed by atoms with E-state index in [9.17, 15) is 13.2 Å². The number of hydrogen-bond donors (Lipinski definition) is 1. The van der Waals surface area contributed by atoms with Crippen molar-refractivity contribution >= 4 is 28.3 Å². The van der Waals surface area contributed by atoms with E-state index in [0.29, 0.717) is 37.1 Å². The Morgan fingerprint density at radius 3 is 2.44 bits per heavy atom. The summed E-state index contributed by atoms with van der Waals surface area (Å²) >= 11 is 0. The molecule has 0 saturated carbocycles. The molecule has 2 fully saturated rings. The zero-order valence-corrected chi connectivity index (χ0v) is 17.9. The van der Waals surface area contributed by atoms with Gasteiger partial charge in [-0.3, -0.25) is 4.79 Å². The molecular weight excluding hydrogens is 386 g/mol. The monoisotopic (exact) mass is 415 g/mol. The average molecular weight is 416 g/mol. The molecule has 1 aromatic rings. The molecular formula is C19H30ClN3O3S. The van der Waals surface area contributed by atoms with Crippen LogP contribution in [0.1, 0.15) is 30.9 Å². The molecule has 0 spiro atoms. The fourth-order valence-corrected chi connectivity index (χ4v) is 5.62. The predicted octanol–water partition coefficient (Wildman–Crippen LogP) is 1.95. The Kier molecular flexibility index (Phi) is 7.30. The molecule has 1 aromatic carbocycles. The van der Waals surface area contributed by atoms with E-state index in [1.54, 1.807) is 6.07 Å². The summed E-state index contributed by atoms with van der Waals surface area (Å²) in [4.78, 5) is 15.0. The normalized spacial score (nSPS) is 24.3. The number of hydrogen-bond acceptors (Lipinski definition) is 4. The van der Waals surface area contributed by atoms with Crippen LogP contribution in [0.4, 0.5) is 0 Å². The maximum Gasteiger partial charge on any atom is 0.243 e. The number of benzene rings is 1. The third-order valence-electron chi connectivity index (χ3n) is 5.48. The van der Waals surface area contributed by atoms with E-state index in [0.717, 1.165) is 30.5 Å². The van der Waals surface area contributed by atoms with Crippen LogP contribution in [0.2, 0.25) is 0 Å². The number of piperazine rings is 1. The van der Waals surface area contributed by atoms with Gasteiger partial charge in [-0.25, -0.2) is 8.42 Å². The zero-order chi connectivity index (χ0) is 18.9. The fraction of sp³-hybridized carbons (Fsp3) is 0.632. The van der Waals surface area contributed by atoms with Crippen molar-refractivity contribution in [2.24, 2.45) is 5.92 Å². The summed E-state index contributed by atoms with van der Waals surface area (Å²) < 4.78 is 27.5. The smallest absolute Gasteiger partial charge is 0.243 e. The topological polar surface area (TPSA) is 69.7 Å². The first-order chi connectivity index (χ1) is 12.3. The summed E-state index contributed by atoms with van der Waals surface area (Å²) in [6.07, 6.45) is 1.73. The lowest BCUT2D eigenvalue weighted by Gasteiger charge is -2.37. The standard InChI is InChI=1S/C19H29N3O3S.ClH/c1-14-4-5-15(2)18(12-14)26(24,25)22-10-8-21(9-11-22)19(23)17-6-7-20-16(3)13-17;/h4-5,12,16-17,20H,6-11,13H2,1-3H3;1H/t16-,17-;/m0./s1. The van der Waals surface area contributed by atoms with E-state index in [2.05, 4.69) is 12.2 Å². The minimum atomic E-state index is -3.51. The zero-order valence-electron chi connectivity index (χ0n) is 16.3. The van der Waals surface area contributed by atoms with Crippen LogP contribution < -0.4 is 5.32 Å². The molecule has 3 rings (SSSR count). The van der Waals surface area contributed by atoms with E-state index in [-0.39, 0.29) is 24.2 Å². The molecule has 0 bridgehead atoms. The van der Waals surface area contributed by atoms with Crippen LogP contribution in [0.5, 0.6) is 0 Å². The van der Waals surface area contributed by atoms with Crippen LogP contribution in [0, 0.1) is 19.8 Å². The molecule has 0 unspecified atom stereocenters. The van der Waals surface area contributed by atoms with E-state index >= 15 is 0 Å². The van der Waals surface area contributed by atoms with Crippen LogP contribution >= 0.6 is 12.4 Å². The second-order valence-electron chi connectivity index (χ2n) is 7.57. The maximum absolute atomic E-state index is 13.0. The molecule has 1 N–H and O–H groups in total. The van der Waals surface area contributed by atoms with Crippen molar-refractivity contribution in [3.63, 3.8) is 0 Å². The largest absolute Gasteiger partial charge is 0.340 e. The van der Waals surface area contributed by atoms with Gasteiger partial charge >= 0.3 is 0 Å². The van der Waals surface area contributed by atoms with Crippen molar-refractivity contribution in [2.45, 2.75) is 44.6 Å². The molecule has 152 valence electrons. The summed E-state index contributed by atoms with van der Waals surface area (Å²) in [5.74, 6) is 0.246. The van der Waals surface area contributed by atoms with Crippen LogP contribution in [-0.2, 0) is 14.8 Å². The van der Waals surface area contributed by atoms with Crippen LogP contribution in [0.15, 0.2) is 23.1 Å². The molecule has 2 aliphatic heterocycles. The molecule has 2 aliphatic rings. The molecule has 8 heteroatoms. The van der Waals surface area contributed by atoms with E-state index < -0.39 is 10.0 Å². The number of piperidine rings is 1. The Balaban J connectivity index is 0.00000261. The van der Waals surface area contributed by atoms with Crippen LogP contribution in [-0.4, -0.2) is 62.3 Å². The van der Waals surface area contributed by atoms with Gasteiger partial charge in [0.25, 0.3) is 0 Å². The fourth-order valence-electron chi connectivity index (χ4n) is 3.89. The number of halogens is 1. The highest BCUT2D eigenvalue weighted by Gasteiger charge is 2.34. The van der Waals surface area contributed by atoms with Crippen molar-refractivity contribution < 1.29 is 13.2 Å². The van der Waals surface area contributed by atoms with Gasteiger partial charge in [-0.1, -0.05) is 12.1 Å². The van der Waals surface area contributed by atoms with E-state index in [1.807, 2.05) is 30.9 Å². The first-order valence-corrected chi connectivity index (χ1v) is 10.8. The van der Waals surface area contributed by atoms with Crippen molar-refractivity contribution in [1.82, 2.24) is 14.5 Å². The van der Waals surface area contributed by atoms with Gasteiger partial charge in [0.2, 0.25) is 15.9 Å². The Bertz CT molecular complexity index is 776. The number of carbonyl (C=O) groups is 1. The quantitative estimate of drug-likeness (QED) is 0.819. The second-order valence-corrected chi connectivity index (χ2v) is 9.48. The van der Waals surface area contributed by atoms with Gasteiger partial charge in [-0.2, -0.15) is 4.31 Å². The molecule has 2 atom stereocenters. The highest BCUT2D eigenvalue weighted by Crippen LogP contribution is 2.24. The number of sulfonamides is 1. The van der Waals surface area contributed by atoms with Crippen LogP contribution in [0.25, 0.3) is 0 Å². The SMILES string of the molecule is Cc1ccc(C)c(S(=O)(=O)N2CCN(C(=O)[C@H]3CCN[C@@H](C)C3)CC2)c1.Cl. The predicted molar refractivity (Wildman–Crippen MR) is 109 cm³/mol. The van der Waals surface area contributed by atoms with E-state index in [1.165, 1.54) is 4.31 Å². The molecule has 1 amide bonds. The van der Waals surface area contributed by atoms with Gasteiger partial charge < -0.3 is 10.2 Å². The summed E-state index contributed by atoms with van der Waals surface area (Å²) in [7, 11) is -3.51. The minimum absolute atomic E-state index is 0. The van der Waals surface area contributed by atoms with Gasteiger partial charge in [0, 0.05) is 38.1 Å². The Hall–Kier alpha value is -1.15. The minimum Gasteiger partial charge on any atom is -0.340 e. The van der Waals surface area contributed by atoms with Gasteiger partial charge in [0.15, 0.2) is 0 Å². The first-order valence-electron chi connectivity index (χ1n) is 9.38. The number of nitrogens with one attached hydrogen (secondary N) is 1. The first kappa shape index (κ1) is 22.1. The number of rotatable bonds is 3. The second kappa shape index (κ2) is 8.90. The van der Waals surface area contributed by atoms with Crippen molar-refractivity contribution in [1.29, 1.82) is 0 Å². The molecule has 0 aromatic heterocycles. The van der Waals surface area contributed by atoms with Crippen LogP contribution in [0.3, 0.4) is 0 Å². The Labute approximate surface area is 168 Å². The van der Waals surface area contributed by atoms with E-state index in [4.69, 9.17) is 0 Å². The van der Waals surface area contributed by atoms with Gasteiger partial charge in [-0.15, -0.1) is 12.4 Å². The third kappa shape index (κ3) is 4.83. The van der Waals surface area contributed by atoms with Gasteiger partial charge in [0.05, 0.1) is 4.90 Å². The molecule has 0 radical (unpaired) electrons. The van der Waals surface area contributed by atoms with Crippen molar-refractivity contribution in [3.8, 4) is 0 Å². The molecule has 6 nitrogen and oxygen atoms in total. The van der Waals surface area contributed by atoms with Crippen molar-refractivity contribution in [2.75, 3.05) is 32.7 Å². The highest BCUT2D eigenvalue weighted by molar-refractivity contribution is 7.89. The van der Waals surface area contributed by atoms with Crippen molar-refractivity contribution in [3.05, 3.63) is 29.3 Å². The van der Waals surface area contributed by atoms with Gasteiger partial charge in [-0.05, 0) is 57.4 Å². The average Bonchev–Trinajstić information content (AvgIpc) is 2.63. The number of carbonyl (C=O) groups excluding carboxylic acids is 1. The summed E-state index contributed by atoms with van der Waals surface area (Å²) in [5.41, 5.74) is 1.70.